The van der Waals surface area contributed by atoms with Gasteiger partial charge in [-0.2, -0.15) is 0 Å². The molecule has 1 fully saturated rings. The molecule has 2 rings (SSSR count). The molecule has 1 aromatic carbocycles. The van der Waals surface area contributed by atoms with Crippen LogP contribution in [0.25, 0.3) is 0 Å². The monoisotopic (exact) mass is 252 g/mol. The molecule has 4 nitrogen and oxygen atoms in total. The van der Waals surface area contributed by atoms with Gasteiger partial charge in [-0.25, -0.2) is 9.69 Å². The molecule has 1 atom stereocenters. The number of nitrogens with zero attached hydrogens (tertiary/aromatic N) is 1. The summed E-state index contributed by atoms with van der Waals surface area (Å²) in [4.78, 5) is 24.9. The number of urea groups is 1. The van der Waals surface area contributed by atoms with Crippen LogP contribution in [0.15, 0.2) is 24.3 Å². The Morgan fingerprint density at radius 2 is 2.12 bits per heavy atom. The lowest BCUT2D eigenvalue weighted by Crippen LogP contribution is -2.54. The van der Waals surface area contributed by atoms with Gasteiger partial charge in [-0.3, -0.25) is 4.79 Å². The molecule has 0 aromatic heterocycles. The lowest BCUT2D eigenvalue weighted by molar-refractivity contribution is -0.119. The van der Waals surface area contributed by atoms with Gasteiger partial charge in [-0.15, -0.1) is 0 Å². The zero-order chi connectivity index (χ0) is 12.4. The summed E-state index contributed by atoms with van der Waals surface area (Å²) in [5.41, 5.74) is 0.436. The summed E-state index contributed by atoms with van der Waals surface area (Å²) >= 11 is 5.98. The Morgan fingerprint density at radius 1 is 1.41 bits per heavy atom. The highest BCUT2D eigenvalue weighted by Crippen LogP contribution is 2.27. The largest absolute Gasteiger partial charge is 0.334 e. The van der Waals surface area contributed by atoms with Crippen molar-refractivity contribution in [2.45, 2.75) is 25.8 Å². The van der Waals surface area contributed by atoms with E-state index in [1.807, 2.05) is 6.92 Å². The highest BCUT2D eigenvalue weighted by Gasteiger charge is 2.33. The summed E-state index contributed by atoms with van der Waals surface area (Å²) < 4.78 is 0. The molecule has 1 heterocycles. The van der Waals surface area contributed by atoms with E-state index in [1.165, 1.54) is 0 Å². The maximum Gasteiger partial charge on any atom is 0.329 e. The van der Waals surface area contributed by atoms with Gasteiger partial charge in [0, 0.05) is 12.5 Å². The normalized spacial score (nSPS) is 20.4. The third-order valence-electron chi connectivity index (χ3n) is 2.79. The van der Waals surface area contributed by atoms with Crippen molar-refractivity contribution >= 4 is 29.2 Å². The van der Waals surface area contributed by atoms with Gasteiger partial charge in [-0.1, -0.05) is 30.7 Å². The first-order chi connectivity index (χ1) is 8.13. The first kappa shape index (κ1) is 11.9. The molecular formula is C12H13ClN2O2. The molecule has 17 heavy (non-hydrogen) atoms. The Labute approximate surface area is 105 Å². The van der Waals surface area contributed by atoms with Crippen LogP contribution >= 0.6 is 11.6 Å². The molecule has 0 aliphatic carbocycles. The Kier molecular flexibility index (Phi) is 3.33. The summed E-state index contributed by atoms with van der Waals surface area (Å²) in [6, 6.07) is 6.34. The molecule has 1 aromatic rings. The van der Waals surface area contributed by atoms with Crippen LogP contribution in [-0.2, 0) is 4.79 Å². The Balaban J connectivity index is 2.31. The SMILES string of the molecule is CCC1CC(=O)N(c2ccccc2Cl)C(=O)N1. The summed E-state index contributed by atoms with van der Waals surface area (Å²) in [6.45, 7) is 1.93. The molecule has 0 saturated carbocycles. The average molecular weight is 253 g/mol. The minimum absolute atomic E-state index is 0.0752. The van der Waals surface area contributed by atoms with Gasteiger partial charge in [0.25, 0.3) is 0 Å². The zero-order valence-electron chi connectivity index (χ0n) is 9.44. The summed E-state index contributed by atoms with van der Waals surface area (Å²) in [5.74, 6) is -0.214. The highest BCUT2D eigenvalue weighted by molar-refractivity contribution is 6.35. The maximum atomic E-state index is 11.9. The van der Waals surface area contributed by atoms with Gasteiger partial charge in [0.05, 0.1) is 10.7 Å². The number of anilines is 1. The van der Waals surface area contributed by atoms with Crippen LogP contribution in [-0.4, -0.2) is 18.0 Å². The molecule has 1 N–H and O–H groups in total. The third kappa shape index (κ3) is 2.26. The number of halogens is 1. The van der Waals surface area contributed by atoms with Crippen LogP contribution in [0, 0.1) is 0 Å². The fraction of sp³-hybridized carbons (Fsp3) is 0.333. The number of nitrogens with one attached hydrogen (secondary N) is 1. The van der Waals surface area contributed by atoms with Crippen molar-refractivity contribution in [3.8, 4) is 0 Å². The van der Waals surface area contributed by atoms with Crippen LogP contribution in [0.3, 0.4) is 0 Å². The molecule has 0 spiro atoms. The molecule has 0 radical (unpaired) electrons. The predicted octanol–water partition coefficient (Wildman–Crippen LogP) is 2.56. The lowest BCUT2D eigenvalue weighted by Gasteiger charge is -2.31. The van der Waals surface area contributed by atoms with Gasteiger partial charge in [0.1, 0.15) is 0 Å². The van der Waals surface area contributed by atoms with E-state index in [0.29, 0.717) is 17.1 Å². The van der Waals surface area contributed by atoms with Gasteiger partial charge in [-0.05, 0) is 18.6 Å². The first-order valence-electron chi connectivity index (χ1n) is 5.51. The minimum atomic E-state index is -0.402. The first-order valence-corrected chi connectivity index (χ1v) is 5.89. The summed E-state index contributed by atoms with van der Waals surface area (Å²) in [7, 11) is 0. The quantitative estimate of drug-likeness (QED) is 0.880. The van der Waals surface area contributed by atoms with E-state index in [9.17, 15) is 9.59 Å². The van der Waals surface area contributed by atoms with Crippen LogP contribution < -0.4 is 10.2 Å². The molecule has 3 amide bonds. The highest BCUT2D eigenvalue weighted by atomic mass is 35.5. The van der Waals surface area contributed by atoms with Gasteiger partial charge in [0.2, 0.25) is 5.91 Å². The van der Waals surface area contributed by atoms with Crippen molar-refractivity contribution in [1.82, 2.24) is 5.32 Å². The molecular weight excluding hydrogens is 240 g/mol. The molecule has 1 aliphatic heterocycles. The van der Waals surface area contributed by atoms with Gasteiger partial charge < -0.3 is 5.32 Å². The topological polar surface area (TPSA) is 49.4 Å². The van der Waals surface area contributed by atoms with Gasteiger partial charge >= 0.3 is 6.03 Å². The maximum absolute atomic E-state index is 11.9. The number of hydrogen-bond acceptors (Lipinski definition) is 2. The Morgan fingerprint density at radius 3 is 2.71 bits per heavy atom. The molecule has 1 aliphatic rings. The van der Waals surface area contributed by atoms with Crippen LogP contribution in [0.1, 0.15) is 19.8 Å². The fourth-order valence-corrected chi connectivity index (χ4v) is 2.05. The van der Waals surface area contributed by atoms with E-state index in [1.54, 1.807) is 24.3 Å². The Hall–Kier alpha value is -1.55. The lowest BCUT2D eigenvalue weighted by atomic mass is 10.1. The van der Waals surface area contributed by atoms with E-state index < -0.39 is 6.03 Å². The van der Waals surface area contributed by atoms with E-state index in [-0.39, 0.29) is 11.9 Å². The molecule has 5 heteroatoms. The number of imide groups is 1. The van der Waals surface area contributed by atoms with Crippen molar-refractivity contribution in [3.63, 3.8) is 0 Å². The number of benzene rings is 1. The minimum Gasteiger partial charge on any atom is -0.334 e. The van der Waals surface area contributed by atoms with E-state index in [0.717, 1.165) is 11.3 Å². The van der Waals surface area contributed by atoms with Crippen molar-refractivity contribution in [2.24, 2.45) is 0 Å². The second-order valence-electron chi connectivity index (χ2n) is 3.94. The number of hydrogen-bond donors (Lipinski definition) is 1. The molecule has 0 bridgehead atoms. The number of amides is 3. The molecule has 1 unspecified atom stereocenters. The number of rotatable bonds is 2. The predicted molar refractivity (Wildman–Crippen MR) is 66.2 cm³/mol. The van der Waals surface area contributed by atoms with Crippen molar-refractivity contribution < 1.29 is 9.59 Å². The molecule has 1 saturated heterocycles. The van der Waals surface area contributed by atoms with E-state index in [2.05, 4.69) is 5.32 Å². The van der Waals surface area contributed by atoms with Gasteiger partial charge in [0.15, 0.2) is 0 Å². The summed E-state index contributed by atoms with van der Waals surface area (Å²) in [5, 5.41) is 3.17. The van der Waals surface area contributed by atoms with Crippen molar-refractivity contribution in [2.75, 3.05) is 4.90 Å². The number of carbonyl (C=O) groups is 2. The second kappa shape index (κ2) is 4.75. The number of para-hydroxylation sites is 1. The average Bonchev–Trinajstić information content (AvgIpc) is 2.30. The van der Waals surface area contributed by atoms with Crippen LogP contribution in [0.4, 0.5) is 10.5 Å². The van der Waals surface area contributed by atoms with Crippen LogP contribution in [0.5, 0.6) is 0 Å². The van der Waals surface area contributed by atoms with Crippen molar-refractivity contribution in [1.29, 1.82) is 0 Å². The fourth-order valence-electron chi connectivity index (χ4n) is 1.83. The smallest absolute Gasteiger partial charge is 0.329 e. The standard InChI is InChI=1S/C12H13ClN2O2/c1-2-8-7-11(16)15(12(17)14-8)10-6-4-3-5-9(10)13/h3-6,8H,2,7H2,1H3,(H,14,17). The van der Waals surface area contributed by atoms with Crippen molar-refractivity contribution in [3.05, 3.63) is 29.3 Å². The third-order valence-corrected chi connectivity index (χ3v) is 3.11. The summed E-state index contributed by atoms with van der Waals surface area (Å²) in [6.07, 6.45) is 1.06. The molecule has 90 valence electrons. The van der Waals surface area contributed by atoms with E-state index >= 15 is 0 Å². The zero-order valence-corrected chi connectivity index (χ0v) is 10.2. The number of carbonyl (C=O) groups excluding carboxylic acids is 2. The van der Waals surface area contributed by atoms with E-state index in [4.69, 9.17) is 11.6 Å². The Bertz CT molecular complexity index is 444. The van der Waals surface area contributed by atoms with Crippen LogP contribution in [0.2, 0.25) is 5.02 Å². The second-order valence-corrected chi connectivity index (χ2v) is 4.35.